The number of carbonyl (C=O) groups excluding carboxylic acids is 7. The molecule has 7 amide bonds. The highest BCUT2D eigenvalue weighted by Gasteiger charge is 2.35. The van der Waals surface area contributed by atoms with Gasteiger partial charge in [-0.3, -0.25) is 48.5 Å². The smallest absolute Gasteiger partial charge is 0.326 e. The molecule has 0 unspecified atom stereocenters. The summed E-state index contributed by atoms with van der Waals surface area (Å²) in [5.74, 6) is -6.75. The number of aliphatic carboxylic acids is 1. The third-order valence-electron chi connectivity index (χ3n) is 15.5. The van der Waals surface area contributed by atoms with Gasteiger partial charge in [0.2, 0.25) is 41.4 Å². The number of para-hydroxylation sites is 3. The van der Waals surface area contributed by atoms with Crippen molar-refractivity contribution in [2.45, 2.75) is 152 Å². The Kier molecular flexibility index (Phi) is 28.1. The lowest BCUT2D eigenvalue weighted by Crippen LogP contribution is -2.60. The molecule has 0 saturated carbocycles. The lowest BCUT2D eigenvalue weighted by molar-refractivity contribution is -0.142. The Labute approximate surface area is 532 Å². The average molecular weight is 1270 g/mol. The maximum atomic E-state index is 15.2. The lowest BCUT2D eigenvalue weighted by atomic mass is 10.0. The topological polar surface area (TPSA) is 508 Å². The fourth-order valence-corrected chi connectivity index (χ4v) is 10.6. The van der Waals surface area contributed by atoms with Crippen molar-refractivity contribution >= 4 is 97.9 Å². The number of nitrogens with zero attached hydrogens (tertiary/aromatic N) is 3. The van der Waals surface area contributed by atoms with Crippen molar-refractivity contribution in [3.8, 4) is 0 Å². The molecule has 7 atom stereocenters. The molecule has 6 rings (SSSR count). The second-order valence-electron chi connectivity index (χ2n) is 22.7. The van der Waals surface area contributed by atoms with Gasteiger partial charge in [0.05, 0.1) is 6.04 Å². The lowest BCUT2D eigenvalue weighted by Gasteiger charge is -2.28. The summed E-state index contributed by atoms with van der Waals surface area (Å²) < 4.78 is 0. The first-order chi connectivity index (χ1) is 44.2. The molecular formula is C63H90N20O9. The number of H-pyrrole nitrogens is 3. The Morgan fingerprint density at radius 3 is 1.17 bits per heavy atom. The van der Waals surface area contributed by atoms with Gasteiger partial charge in [-0.1, -0.05) is 74.4 Å². The molecule has 496 valence electrons. The predicted octanol–water partition coefficient (Wildman–Crippen LogP) is 0.507. The first kappa shape index (κ1) is 70.9. The number of aromatic nitrogens is 3. The summed E-state index contributed by atoms with van der Waals surface area (Å²) in [7, 11) is 0. The monoisotopic (exact) mass is 1270 g/mol. The zero-order valence-electron chi connectivity index (χ0n) is 51.9. The maximum absolute atomic E-state index is 15.2. The number of benzene rings is 3. The number of carboxylic acids is 1. The molecule has 0 aliphatic rings. The van der Waals surface area contributed by atoms with Crippen LogP contribution in [0.4, 0.5) is 0 Å². The van der Waals surface area contributed by atoms with E-state index in [-0.39, 0.29) is 101 Å². The van der Waals surface area contributed by atoms with Crippen molar-refractivity contribution in [2.24, 2.45) is 55.1 Å². The van der Waals surface area contributed by atoms with Crippen LogP contribution in [0.15, 0.2) is 106 Å². The van der Waals surface area contributed by atoms with Crippen LogP contribution in [-0.4, -0.2) is 154 Å². The molecule has 0 saturated heterocycles. The third kappa shape index (κ3) is 22.7. The fraction of sp³-hybridized carbons (Fsp3) is 0.444. The highest BCUT2D eigenvalue weighted by molar-refractivity contribution is 5.98. The molecule has 0 aliphatic heterocycles. The molecule has 0 fully saturated rings. The number of carboxylic acid groups (broad SMARTS) is 1. The normalized spacial score (nSPS) is 13.5. The van der Waals surface area contributed by atoms with E-state index in [0.29, 0.717) is 54.3 Å². The Morgan fingerprint density at radius 2 is 0.783 bits per heavy atom. The zero-order valence-corrected chi connectivity index (χ0v) is 51.9. The van der Waals surface area contributed by atoms with Gasteiger partial charge in [-0.05, 0) is 99.1 Å². The van der Waals surface area contributed by atoms with E-state index in [1.165, 1.54) is 0 Å². The number of unbranched alkanes of at least 4 members (excludes halogenated alkanes) is 3. The van der Waals surface area contributed by atoms with Crippen LogP contribution in [0.1, 0.15) is 107 Å². The summed E-state index contributed by atoms with van der Waals surface area (Å²) >= 11 is 0. The van der Waals surface area contributed by atoms with Gasteiger partial charge in [-0.25, -0.2) is 4.79 Å². The highest BCUT2D eigenvalue weighted by Crippen LogP contribution is 2.23. The van der Waals surface area contributed by atoms with E-state index in [9.17, 15) is 33.9 Å². The number of hydrogen-bond donors (Lipinski definition) is 18. The number of aliphatic imine (C=N–C) groups is 3. The van der Waals surface area contributed by atoms with Crippen molar-refractivity contribution in [3.63, 3.8) is 0 Å². The molecular weight excluding hydrogens is 1180 g/mol. The molecule has 0 spiro atoms. The number of carbonyl (C=O) groups is 8. The van der Waals surface area contributed by atoms with Gasteiger partial charge in [0.25, 0.3) is 0 Å². The molecule has 29 nitrogen and oxygen atoms in total. The first-order valence-corrected chi connectivity index (χ1v) is 31.1. The Hall–Kier alpha value is -10.2. The van der Waals surface area contributed by atoms with Crippen molar-refractivity contribution < 1.29 is 43.5 Å². The number of aromatic amines is 3. The van der Waals surface area contributed by atoms with Crippen molar-refractivity contribution in [3.05, 3.63) is 108 Å². The second-order valence-corrected chi connectivity index (χ2v) is 22.7. The minimum atomic E-state index is -1.47. The number of fused-ring (bicyclic) bond motifs is 3. The van der Waals surface area contributed by atoms with Crippen LogP contribution < -0.4 is 77.4 Å². The summed E-state index contributed by atoms with van der Waals surface area (Å²) in [5.41, 5.74) is 44.1. The maximum Gasteiger partial charge on any atom is 0.326 e. The standard InChI is InChI=1S/C63H90N20O9/c1-2-3-4-26-53(84)71-27-12-11-23-49(60(91)92)80-59(90)52(33-39-36-77-46-22-10-7-18-42(39)46)83-56(87)48(25-15-30-74-63(69)70)79-58(89)51(32-38-35-76-45-21-9-6-17-41(38)45)82-55(86)47(24-14-29-73-62(67)68)78-57(88)50(31-37-34-75-44-20-8-5-16-40(37)44)81-54(85)43(64)19-13-28-72-61(65)66/h5-10,16-18,20-22,34-36,43,47-52,75-77H,2-4,11-15,19,23-33,64H2,1H3,(H,71,84)(H,78,88)(H,79,89)(H,80,90)(H,81,85)(H,82,86)(H,83,87)(H,91,92)(H4,65,66,72)(H4,67,68,73)(H4,69,70,74)/t43-,47-,48-,49-,50-,51-,52-/m0/s1. The molecule has 25 N–H and O–H groups in total. The van der Waals surface area contributed by atoms with E-state index >= 15 is 9.59 Å². The summed E-state index contributed by atoms with van der Waals surface area (Å²) in [5, 5.41) is 32.1. The van der Waals surface area contributed by atoms with E-state index in [2.05, 4.69) is 67.1 Å². The number of hydrogen-bond acceptors (Lipinski definition) is 12. The Bertz CT molecular complexity index is 3530. The Balaban J connectivity index is 1.30. The zero-order chi connectivity index (χ0) is 66.5. The minimum absolute atomic E-state index is 0.00879. The van der Waals surface area contributed by atoms with Crippen LogP contribution in [0.2, 0.25) is 0 Å². The Morgan fingerprint density at radius 1 is 0.435 bits per heavy atom. The molecule has 3 aromatic carbocycles. The molecule has 92 heavy (non-hydrogen) atoms. The predicted molar refractivity (Wildman–Crippen MR) is 354 cm³/mol. The third-order valence-corrected chi connectivity index (χ3v) is 15.5. The highest BCUT2D eigenvalue weighted by atomic mass is 16.4. The summed E-state index contributed by atoms with van der Waals surface area (Å²) in [4.78, 5) is 135. The van der Waals surface area contributed by atoms with E-state index in [1.54, 1.807) is 30.7 Å². The van der Waals surface area contributed by atoms with Crippen molar-refractivity contribution in [1.29, 1.82) is 0 Å². The number of nitrogens with two attached hydrogens (primary N) is 7. The number of rotatable bonds is 40. The van der Waals surface area contributed by atoms with Crippen LogP contribution in [0, 0.1) is 0 Å². The molecule has 0 bridgehead atoms. The molecule has 6 aromatic rings. The van der Waals surface area contributed by atoms with E-state index in [1.807, 2.05) is 67.6 Å². The van der Waals surface area contributed by atoms with Gasteiger partial charge >= 0.3 is 5.97 Å². The van der Waals surface area contributed by atoms with Gasteiger partial charge < -0.3 is 97.4 Å². The quantitative estimate of drug-likeness (QED) is 0.0142. The van der Waals surface area contributed by atoms with Crippen LogP contribution in [0.5, 0.6) is 0 Å². The first-order valence-electron chi connectivity index (χ1n) is 31.1. The van der Waals surface area contributed by atoms with Gasteiger partial charge in [-0.2, -0.15) is 0 Å². The van der Waals surface area contributed by atoms with Gasteiger partial charge in [0.15, 0.2) is 17.9 Å². The SMILES string of the molecule is CCCCCC(=O)NCCCC[C@H](NC(=O)[C@H](Cc1c[nH]c2ccccc12)NC(=O)[C@H](CCCN=C(N)N)NC(=O)[C@H](Cc1c[nH]c2ccccc12)NC(=O)[C@H](CCCN=C(N)N)NC(=O)[C@H](Cc1c[nH]c2ccccc12)NC(=O)[C@@H](N)CCCN=C(N)N)C(=O)O. The molecule has 3 heterocycles. The van der Waals surface area contributed by atoms with E-state index in [4.69, 9.17) is 40.1 Å². The van der Waals surface area contributed by atoms with E-state index < -0.39 is 83.7 Å². The summed E-state index contributed by atoms with van der Waals surface area (Å²) in [6, 6.07) is 12.5. The second kappa shape index (κ2) is 36.5. The van der Waals surface area contributed by atoms with Crippen LogP contribution in [0.3, 0.4) is 0 Å². The van der Waals surface area contributed by atoms with Crippen LogP contribution in [0.25, 0.3) is 32.7 Å². The van der Waals surface area contributed by atoms with Crippen LogP contribution in [-0.2, 0) is 57.6 Å². The van der Waals surface area contributed by atoms with Crippen LogP contribution >= 0.6 is 0 Å². The number of amides is 7. The molecule has 0 radical (unpaired) electrons. The van der Waals surface area contributed by atoms with Crippen molar-refractivity contribution in [1.82, 2.24) is 52.2 Å². The van der Waals surface area contributed by atoms with Crippen molar-refractivity contribution in [2.75, 3.05) is 26.2 Å². The fourth-order valence-electron chi connectivity index (χ4n) is 10.6. The van der Waals surface area contributed by atoms with Gasteiger partial charge in [0.1, 0.15) is 36.3 Å². The molecule has 0 aliphatic carbocycles. The van der Waals surface area contributed by atoms with Gasteiger partial charge in [-0.15, -0.1) is 0 Å². The van der Waals surface area contributed by atoms with Gasteiger partial charge in [0, 0.05) is 103 Å². The summed E-state index contributed by atoms with van der Waals surface area (Å²) in [6.45, 7) is 2.63. The average Bonchev–Trinajstić information content (AvgIpc) is 1.70. The summed E-state index contributed by atoms with van der Waals surface area (Å²) in [6.07, 6.45) is 9.18. The van der Waals surface area contributed by atoms with E-state index in [0.717, 1.165) is 46.6 Å². The number of guanidine groups is 3. The minimum Gasteiger partial charge on any atom is -0.480 e. The largest absolute Gasteiger partial charge is 0.480 e. The molecule has 29 heteroatoms. The number of nitrogens with one attached hydrogen (secondary N) is 10. The molecule has 3 aromatic heterocycles.